The molecular weight excluding hydrogens is 312 g/mol. The van der Waals surface area contributed by atoms with Crippen LogP contribution in [0.2, 0.25) is 0 Å². The number of aliphatic hydroxyl groups excluding tert-OH is 2. The lowest BCUT2D eigenvalue weighted by Crippen LogP contribution is -2.23. The Morgan fingerprint density at radius 3 is 1.50 bits per heavy atom. The van der Waals surface area contributed by atoms with E-state index < -0.39 is 12.2 Å². The number of ether oxygens (including phenoxy) is 4. The molecule has 0 saturated heterocycles. The van der Waals surface area contributed by atoms with E-state index in [1.807, 2.05) is 36.4 Å². The van der Waals surface area contributed by atoms with E-state index >= 15 is 0 Å². The third kappa shape index (κ3) is 5.07. The number of hydrogen-bond acceptors (Lipinski definition) is 6. The van der Waals surface area contributed by atoms with Crippen molar-refractivity contribution in [2.24, 2.45) is 0 Å². The molecule has 0 radical (unpaired) electrons. The van der Waals surface area contributed by atoms with Crippen molar-refractivity contribution in [3.8, 4) is 11.5 Å². The van der Waals surface area contributed by atoms with Crippen LogP contribution in [0.15, 0.2) is 36.4 Å². The topological polar surface area (TPSA) is 77.4 Å². The van der Waals surface area contributed by atoms with E-state index in [0.29, 0.717) is 11.5 Å². The highest BCUT2D eigenvalue weighted by atomic mass is 16.5. The van der Waals surface area contributed by atoms with Gasteiger partial charge in [-0.3, -0.25) is 0 Å². The van der Waals surface area contributed by atoms with Crippen LogP contribution < -0.4 is 9.47 Å². The van der Waals surface area contributed by atoms with Crippen molar-refractivity contribution < 1.29 is 29.2 Å². The first-order valence-corrected chi connectivity index (χ1v) is 7.77. The molecule has 2 aromatic rings. The van der Waals surface area contributed by atoms with Crippen LogP contribution in [0.3, 0.4) is 0 Å². The number of methoxy groups -OCH3 is 2. The minimum absolute atomic E-state index is 0.143. The molecule has 0 fully saturated rings. The lowest BCUT2D eigenvalue weighted by molar-refractivity contribution is 0.0326. The summed E-state index contributed by atoms with van der Waals surface area (Å²) in [6, 6.07) is 11.2. The average Bonchev–Trinajstić information content (AvgIpc) is 2.58. The molecule has 2 atom stereocenters. The van der Waals surface area contributed by atoms with Gasteiger partial charge >= 0.3 is 0 Å². The van der Waals surface area contributed by atoms with Gasteiger partial charge in [0, 0.05) is 25.0 Å². The Hall–Kier alpha value is -1.86. The Kier molecular flexibility index (Phi) is 7.27. The molecule has 0 bridgehead atoms. The van der Waals surface area contributed by atoms with Crippen LogP contribution in [0.4, 0.5) is 0 Å². The summed E-state index contributed by atoms with van der Waals surface area (Å²) >= 11 is 0. The first kappa shape index (κ1) is 18.5. The lowest BCUT2D eigenvalue weighted by Gasteiger charge is -2.16. The highest BCUT2D eigenvalue weighted by Gasteiger charge is 2.11. The highest BCUT2D eigenvalue weighted by molar-refractivity contribution is 5.93. The maximum atomic E-state index is 9.72. The summed E-state index contributed by atoms with van der Waals surface area (Å²) in [6.45, 7) is 0.724. The van der Waals surface area contributed by atoms with E-state index in [-0.39, 0.29) is 26.4 Å². The Morgan fingerprint density at radius 2 is 1.12 bits per heavy atom. The highest BCUT2D eigenvalue weighted by Crippen LogP contribution is 2.32. The van der Waals surface area contributed by atoms with Crippen molar-refractivity contribution in [2.75, 3.05) is 40.6 Å². The van der Waals surface area contributed by atoms with Gasteiger partial charge in [0.25, 0.3) is 0 Å². The number of fused-ring (bicyclic) bond motifs is 1. The predicted molar refractivity (Wildman–Crippen MR) is 90.7 cm³/mol. The molecule has 6 nitrogen and oxygen atoms in total. The molecule has 24 heavy (non-hydrogen) atoms. The lowest BCUT2D eigenvalue weighted by atomic mass is 10.1. The minimum Gasteiger partial charge on any atom is -0.490 e. The molecule has 2 rings (SSSR count). The summed E-state index contributed by atoms with van der Waals surface area (Å²) in [7, 11) is 3.06. The van der Waals surface area contributed by atoms with Crippen molar-refractivity contribution in [1.29, 1.82) is 0 Å². The van der Waals surface area contributed by atoms with Crippen molar-refractivity contribution in [3.05, 3.63) is 36.4 Å². The summed E-state index contributed by atoms with van der Waals surface area (Å²) in [5, 5.41) is 21.2. The smallest absolute Gasteiger partial charge is 0.127 e. The van der Waals surface area contributed by atoms with Gasteiger partial charge in [-0.1, -0.05) is 24.3 Å². The number of benzene rings is 2. The molecular formula is C18H24O6. The van der Waals surface area contributed by atoms with Gasteiger partial charge in [0.1, 0.15) is 36.9 Å². The second-order valence-electron chi connectivity index (χ2n) is 5.45. The molecule has 0 aromatic heterocycles. The van der Waals surface area contributed by atoms with Gasteiger partial charge in [-0.05, 0) is 12.1 Å². The molecule has 0 aliphatic carbocycles. The molecule has 0 aliphatic heterocycles. The SMILES string of the molecule is COCC(O)COc1cccc2c(OCC(O)COC)cccc12. The van der Waals surface area contributed by atoms with Gasteiger partial charge in [-0.2, -0.15) is 0 Å². The zero-order valence-electron chi connectivity index (χ0n) is 14.0. The molecule has 132 valence electrons. The molecule has 0 spiro atoms. The summed E-state index contributed by atoms with van der Waals surface area (Å²) in [5.74, 6) is 1.32. The third-order valence-corrected chi connectivity index (χ3v) is 3.42. The van der Waals surface area contributed by atoms with Crippen molar-refractivity contribution >= 4 is 10.8 Å². The molecule has 2 unspecified atom stereocenters. The molecule has 0 heterocycles. The van der Waals surface area contributed by atoms with Crippen LogP contribution in [0, 0.1) is 0 Å². The second kappa shape index (κ2) is 9.44. The quantitative estimate of drug-likeness (QED) is 0.686. The number of aliphatic hydroxyl groups is 2. The van der Waals surface area contributed by atoms with Crippen LogP contribution in [0.25, 0.3) is 10.8 Å². The fourth-order valence-electron chi connectivity index (χ4n) is 2.36. The van der Waals surface area contributed by atoms with Crippen LogP contribution in [0.1, 0.15) is 0 Å². The van der Waals surface area contributed by atoms with E-state index in [2.05, 4.69) is 0 Å². The maximum Gasteiger partial charge on any atom is 0.127 e. The van der Waals surface area contributed by atoms with Gasteiger partial charge in [0.15, 0.2) is 0 Å². The monoisotopic (exact) mass is 336 g/mol. The Labute approximate surface area is 141 Å². The largest absolute Gasteiger partial charge is 0.490 e. The van der Waals surface area contributed by atoms with Gasteiger partial charge < -0.3 is 29.2 Å². The van der Waals surface area contributed by atoms with E-state index in [1.54, 1.807) is 0 Å². The number of rotatable bonds is 10. The van der Waals surface area contributed by atoms with Crippen molar-refractivity contribution in [1.82, 2.24) is 0 Å². The van der Waals surface area contributed by atoms with E-state index in [0.717, 1.165) is 10.8 Å². The zero-order valence-corrected chi connectivity index (χ0v) is 14.0. The van der Waals surface area contributed by atoms with Crippen molar-refractivity contribution in [3.63, 3.8) is 0 Å². The van der Waals surface area contributed by atoms with Crippen LogP contribution >= 0.6 is 0 Å². The molecule has 0 aliphatic rings. The molecule has 0 amide bonds. The summed E-state index contributed by atoms with van der Waals surface area (Å²) in [5.41, 5.74) is 0. The predicted octanol–water partition coefficient (Wildman–Crippen LogP) is 1.61. The maximum absolute atomic E-state index is 9.72. The van der Waals surface area contributed by atoms with Gasteiger partial charge in [0.2, 0.25) is 0 Å². The average molecular weight is 336 g/mol. The first-order chi connectivity index (χ1) is 11.7. The number of hydrogen-bond donors (Lipinski definition) is 2. The Morgan fingerprint density at radius 1 is 0.708 bits per heavy atom. The third-order valence-electron chi connectivity index (χ3n) is 3.42. The van der Waals surface area contributed by atoms with Gasteiger partial charge in [-0.25, -0.2) is 0 Å². The fraction of sp³-hybridized carbons (Fsp3) is 0.444. The van der Waals surface area contributed by atoms with Crippen molar-refractivity contribution in [2.45, 2.75) is 12.2 Å². The Bertz CT molecular complexity index is 575. The molecule has 6 heteroatoms. The summed E-state index contributed by atoms with van der Waals surface area (Å²) < 4.78 is 21.2. The fourth-order valence-corrected chi connectivity index (χ4v) is 2.36. The van der Waals surface area contributed by atoms with Crippen LogP contribution in [-0.4, -0.2) is 63.1 Å². The minimum atomic E-state index is -0.686. The van der Waals surface area contributed by atoms with E-state index in [9.17, 15) is 10.2 Å². The van der Waals surface area contributed by atoms with E-state index in [4.69, 9.17) is 18.9 Å². The standard InChI is InChI=1S/C18H24O6/c1-21-9-13(19)11-23-17-7-3-6-16-15(17)5-4-8-18(16)24-12-14(20)10-22-2/h3-8,13-14,19-20H,9-12H2,1-2H3. The zero-order chi connectivity index (χ0) is 17.4. The second-order valence-corrected chi connectivity index (χ2v) is 5.45. The van der Waals surface area contributed by atoms with Gasteiger partial charge in [0.05, 0.1) is 13.2 Å². The van der Waals surface area contributed by atoms with E-state index in [1.165, 1.54) is 14.2 Å². The first-order valence-electron chi connectivity index (χ1n) is 7.77. The van der Waals surface area contributed by atoms with Crippen LogP contribution in [-0.2, 0) is 9.47 Å². The molecule has 0 saturated carbocycles. The van der Waals surface area contributed by atoms with Gasteiger partial charge in [-0.15, -0.1) is 0 Å². The molecule has 2 aromatic carbocycles. The molecule has 2 N–H and O–H groups in total. The normalized spacial score (nSPS) is 13.7. The Balaban J connectivity index is 2.13. The summed E-state index contributed by atoms with van der Waals surface area (Å²) in [6.07, 6.45) is -1.37. The summed E-state index contributed by atoms with van der Waals surface area (Å²) in [4.78, 5) is 0. The van der Waals surface area contributed by atoms with Crippen LogP contribution in [0.5, 0.6) is 11.5 Å².